The van der Waals surface area contributed by atoms with E-state index in [1.165, 1.54) is 32.2 Å². The SMILES string of the molecule is COc1ccc(NC(C)=O)cc1NS(=O)(=O)C(C)C(=O)O. The summed E-state index contributed by atoms with van der Waals surface area (Å²) in [4.78, 5) is 21.8. The van der Waals surface area contributed by atoms with E-state index in [2.05, 4.69) is 10.0 Å². The average Bonchev–Trinajstić information content (AvgIpc) is 2.36. The van der Waals surface area contributed by atoms with Crippen molar-refractivity contribution in [2.24, 2.45) is 0 Å². The molecule has 0 aliphatic rings. The fraction of sp³-hybridized carbons (Fsp3) is 0.333. The monoisotopic (exact) mass is 316 g/mol. The Morgan fingerprint density at radius 1 is 1.33 bits per heavy atom. The second-order valence-corrected chi connectivity index (χ2v) is 6.23. The highest BCUT2D eigenvalue weighted by atomic mass is 32.2. The summed E-state index contributed by atoms with van der Waals surface area (Å²) in [6.07, 6.45) is 0. The molecule has 1 atom stereocenters. The molecule has 1 amide bonds. The van der Waals surface area contributed by atoms with Crippen molar-refractivity contribution in [3.05, 3.63) is 18.2 Å². The van der Waals surface area contributed by atoms with E-state index in [4.69, 9.17) is 9.84 Å². The van der Waals surface area contributed by atoms with Gasteiger partial charge in [0.1, 0.15) is 5.75 Å². The van der Waals surface area contributed by atoms with Gasteiger partial charge in [0, 0.05) is 12.6 Å². The zero-order valence-corrected chi connectivity index (χ0v) is 12.5. The van der Waals surface area contributed by atoms with E-state index in [9.17, 15) is 18.0 Å². The quantitative estimate of drug-likeness (QED) is 0.716. The zero-order chi connectivity index (χ0) is 16.2. The Bertz CT molecular complexity index is 656. The van der Waals surface area contributed by atoms with Gasteiger partial charge in [0.15, 0.2) is 5.25 Å². The number of carboxylic acid groups (broad SMARTS) is 1. The number of ether oxygens (including phenoxy) is 1. The van der Waals surface area contributed by atoms with Gasteiger partial charge in [-0.25, -0.2) is 8.42 Å². The highest BCUT2D eigenvalue weighted by molar-refractivity contribution is 7.94. The predicted molar refractivity (Wildman–Crippen MR) is 76.9 cm³/mol. The van der Waals surface area contributed by atoms with Crippen molar-refractivity contribution >= 4 is 33.3 Å². The van der Waals surface area contributed by atoms with Crippen LogP contribution in [0.1, 0.15) is 13.8 Å². The number of aliphatic carboxylic acids is 1. The third-order valence-electron chi connectivity index (χ3n) is 2.59. The lowest BCUT2D eigenvalue weighted by molar-refractivity contribution is -0.136. The molecule has 0 fully saturated rings. The third kappa shape index (κ3) is 4.35. The Labute approximate surface area is 122 Å². The lowest BCUT2D eigenvalue weighted by Gasteiger charge is -2.15. The number of rotatable bonds is 6. The summed E-state index contributed by atoms with van der Waals surface area (Å²) in [5, 5.41) is 9.64. The summed E-state index contributed by atoms with van der Waals surface area (Å²) in [5.41, 5.74) is 0.390. The van der Waals surface area contributed by atoms with Crippen LogP contribution in [0.4, 0.5) is 11.4 Å². The van der Waals surface area contributed by atoms with Crippen molar-refractivity contribution < 1.29 is 27.9 Å². The fourth-order valence-corrected chi connectivity index (χ4v) is 2.35. The number of carboxylic acids is 1. The molecule has 0 radical (unpaired) electrons. The molecule has 116 valence electrons. The van der Waals surface area contributed by atoms with Gasteiger partial charge in [-0.05, 0) is 25.1 Å². The molecular weight excluding hydrogens is 300 g/mol. The molecule has 0 heterocycles. The smallest absolute Gasteiger partial charge is 0.323 e. The van der Waals surface area contributed by atoms with Crippen molar-refractivity contribution in [3.8, 4) is 5.75 Å². The number of methoxy groups -OCH3 is 1. The number of anilines is 2. The van der Waals surface area contributed by atoms with Crippen molar-refractivity contribution in [2.75, 3.05) is 17.1 Å². The van der Waals surface area contributed by atoms with Crippen molar-refractivity contribution in [1.29, 1.82) is 0 Å². The average molecular weight is 316 g/mol. The van der Waals surface area contributed by atoms with Gasteiger partial charge in [0.05, 0.1) is 12.8 Å². The van der Waals surface area contributed by atoms with Gasteiger partial charge in [0.2, 0.25) is 15.9 Å². The molecule has 0 aromatic heterocycles. The zero-order valence-electron chi connectivity index (χ0n) is 11.7. The summed E-state index contributed by atoms with van der Waals surface area (Å²) in [6, 6.07) is 4.32. The van der Waals surface area contributed by atoms with Gasteiger partial charge in [-0.2, -0.15) is 0 Å². The highest BCUT2D eigenvalue weighted by Crippen LogP contribution is 2.29. The first-order chi connectivity index (χ1) is 9.67. The Morgan fingerprint density at radius 3 is 2.43 bits per heavy atom. The molecule has 0 aliphatic heterocycles. The molecule has 1 rings (SSSR count). The van der Waals surface area contributed by atoms with Crippen LogP contribution in [-0.4, -0.2) is 37.8 Å². The normalized spacial score (nSPS) is 12.3. The van der Waals surface area contributed by atoms with E-state index in [-0.39, 0.29) is 17.3 Å². The number of sulfonamides is 1. The number of amides is 1. The fourth-order valence-electron chi connectivity index (χ4n) is 1.44. The molecule has 21 heavy (non-hydrogen) atoms. The lowest BCUT2D eigenvalue weighted by atomic mass is 10.2. The highest BCUT2D eigenvalue weighted by Gasteiger charge is 2.28. The minimum atomic E-state index is -4.13. The van der Waals surface area contributed by atoms with E-state index < -0.39 is 21.2 Å². The van der Waals surface area contributed by atoms with E-state index >= 15 is 0 Å². The molecule has 1 unspecified atom stereocenters. The third-order valence-corrected chi connectivity index (χ3v) is 4.22. The number of hydrogen-bond donors (Lipinski definition) is 3. The first-order valence-electron chi connectivity index (χ1n) is 5.87. The number of carbonyl (C=O) groups is 2. The van der Waals surface area contributed by atoms with Gasteiger partial charge >= 0.3 is 5.97 Å². The van der Waals surface area contributed by atoms with Crippen LogP contribution in [-0.2, 0) is 19.6 Å². The van der Waals surface area contributed by atoms with Crippen LogP contribution >= 0.6 is 0 Å². The number of carbonyl (C=O) groups excluding carboxylic acids is 1. The van der Waals surface area contributed by atoms with E-state index in [1.54, 1.807) is 0 Å². The molecule has 0 saturated carbocycles. The molecule has 0 bridgehead atoms. The largest absolute Gasteiger partial charge is 0.495 e. The molecule has 1 aromatic rings. The molecule has 0 spiro atoms. The lowest BCUT2D eigenvalue weighted by Crippen LogP contribution is -2.32. The van der Waals surface area contributed by atoms with Crippen molar-refractivity contribution in [1.82, 2.24) is 0 Å². The predicted octanol–water partition coefficient (Wildman–Crippen LogP) is 0.868. The van der Waals surface area contributed by atoms with Crippen LogP contribution in [0.2, 0.25) is 0 Å². The first-order valence-corrected chi connectivity index (χ1v) is 7.42. The van der Waals surface area contributed by atoms with Crippen LogP contribution < -0.4 is 14.8 Å². The molecule has 9 heteroatoms. The van der Waals surface area contributed by atoms with E-state index in [0.29, 0.717) is 5.69 Å². The van der Waals surface area contributed by atoms with E-state index in [0.717, 1.165) is 6.92 Å². The number of hydrogen-bond acceptors (Lipinski definition) is 5. The van der Waals surface area contributed by atoms with Crippen LogP contribution in [0.5, 0.6) is 5.75 Å². The minimum Gasteiger partial charge on any atom is -0.495 e. The maximum Gasteiger partial charge on any atom is 0.323 e. The van der Waals surface area contributed by atoms with Crippen LogP contribution in [0.3, 0.4) is 0 Å². The van der Waals surface area contributed by atoms with Gasteiger partial charge in [-0.3, -0.25) is 14.3 Å². The molecule has 8 nitrogen and oxygen atoms in total. The molecule has 0 saturated heterocycles. The van der Waals surface area contributed by atoms with Crippen molar-refractivity contribution in [2.45, 2.75) is 19.1 Å². The molecule has 3 N–H and O–H groups in total. The van der Waals surface area contributed by atoms with Crippen molar-refractivity contribution in [3.63, 3.8) is 0 Å². The summed E-state index contributed by atoms with van der Waals surface area (Å²) < 4.78 is 31.0. The van der Waals surface area contributed by atoms with Gasteiger partial charge in [-0.1, -0.05) is 0 Å². The Morgan fingerprint density at radius 2 is 1.95 bits per heavy atom. The van der Waals surface area contributed by atoms with Crippen LogP contribution in [0.15, 0.2) is 18.2 Å². The molecule has 1 aromatic carbocycles. The summed E-state index contributed by atoms with van der Waals surface area (Å²) in [5.74, 6) is -1.60. The topological polar surface area (TPSA) is 122 Å². The van der Waals surface area contributed by atoms with E-state index in [1.807, 2.05) is 0 Å². The van der Waals surface area contributed by atoms with Gasteiger partial charge < -0.3 is 15.2 Å². The summed E-state index contributed by atoms with van der Waals surface area (Å²) >= 11 is 0. The maximum absolute atomic E-state index is 11.9. The summed E-state index contributed by atoms with van der Waals surface area (Å²) in [7, 11) is -2.79. The number of benzene rings is 1. The summed E-state index contributed by atoms with van der Waals surface area (Å²) in [6.45, 7) is 2.36. The van der Waals surface area contributed by atoms with Gasteiger partial charge in [-0.15, -0.1) is 0 Å². The Balaban J connectivity index is 3.16. The Kier molecular flexibility index (Phi) is 5.14. The minimum absolute atomic E-state index is 0.0388. The standard InChI is InChI=1S/C12H16N2O6S/c1-7(12(16)17)21(18,19)14-10-6-9(13-8(2)15)4-5-11(10)20-3/h4-7,14H,1-3H3,(H,13,15)(H,16,17). The van der Waals surface area contributed by atoms with Crippen LogP contribution in [0.25, 0.3) is 0 Å². The molecule has 0 aliphatic carbocycles. The Hall–Kier alpha value is -2.29. The van der Waals surface area contributed by atoms with Crippen LogP contribution in [0, 0.1) is 0 Å². The number of nitrogens with one attached hydrogen (secondary N) is 2. The first kappa shape index (κ1) is 16.8. The maximum atomic E-state index is 11.9. The van der Waals surface area contributed by atoms with Gasteiger partial charge in [0.25, 0.3) is 0 Å². The second-order valence-electron chi connectivity index (χ2n) is 4.22. The molecular formula is C12H16N2O6S. The second kappa shape index (κ2) is 6.44.